The molecule has 6 rings (SSSR count). The zero-order valence-electron chi connectivity index (χ0n) is 19.0. The number of anilines is 1. The Morgan fingerprint density at radius 2 is 2.06 bits per heavy atom. The molecule has 1 amide bonds. The van der Waals surface area contributed by atoms with Gasteiger partial charge >= 0.3 is 11.6 Å². The van der Waals surface area contributed by atoms with Crippen LogP contribution in [0.4, 0.5) is 10.2 Å². The Labute approximate surface area is 198 Å². The van der Waals surface area contributed by atoms with Crippen molar-refractivity contribution in [2.45, 2.75) is 31.8 Å². The Kier molecular flexibility index (Phi) is 4.67. The first-order valence-electron chi connectivity index (χ1n) is 11.2. The third kappa shape index (κ3) is 3.20. The highest BCUT2D eigenvalue weighted by Crippen LogP contribution is 2.39. The van der Waals surface area contributed by atoms with E-state index in [0.29, 0.717) is 35.2 Å². The summed E-state index contributed by atoms with van der Waals surface area (Å²) in [5, 5.41) is 14.1. The number of methoxy groups -OCH3 is 1. The normalized spacial score (nSPS) is 19.4. The zero-order valence-corrected chi connectivity index (χ0v) is 19.0. The molecule has 0 bridgehead atoms. The van der Waals surface area contributed by atoms with Crippen LogP contribution in [0, 0.1) is 12.7 Å². The number of nitrogens with zero attached hydrogens (tertiary/aromatic N) is 3. The van der Waals surface area contributed by atoms with E-state index in [4.69, 9.17) is 9.15 Å². The molecule has 4 aromatic rings. The van der Waals surface area contributed by atoms with Gasteiger partial charge < -0.3 is 24.5 Å². The monoisotopic (exact) mass is 476 g/mol. The highest BCUT2D eigenvalue weighted by molar-refractivity contribution is 6.01. The Bertz CT molecular complexity index is 1600. The number of phenolic OH excluding ortho intramolecular Hbond substituents is 1. The van der Waals surface area contributed by atoms with Crippen molar-refractivity contribution in [2.75, 3.05) is 18.6 Å². The molecule has 2 aromatic heterocycles. The fourth-order valence-electron chi connectivity index (χ4n) is 5.31. The van der Waals surface area contributed by atoms with Crippen LogP contribution in [0.15, 0.2) is 39.5 Å². The van der Waals surface area contributed by atoms with Crippen LogP contribution >= 0.6 is 0 Å². The van der Waals surface area contributed by atoms with Crippen LogP contribution in [0.3, 0.4) is 0 Å². The molecule has 10 heteroatoms. The zero-order chi connectivity index (χ0) is 24.4. The molecule has 2 atom stereocenters. The van der Waals surface area contributed by atoms with E-state index in [2.05, 4.69) is 15.3 Å². The molecule has 0 radical (unpaired) electrons. The van der Waals surface area contributed by atoms with Crippen molar-refractivity contribution in [1.82, 2.24) is 15.3 Å². The number of carbonyl (C=O) groups excluding carboxylic acids is 1. The number of phenols is 1. The summed E-state index contributed by atoms with van der Waals surface area (Å²) >= 11 is 0. The standard InChI is InChI=1S/C25H21FN4O5/c1-11-21-20(23(29-25(28-21)34-2)30-7-6-16-17(30)10-18(32)27-16)24(33)35-22(11)14-9-13(31)8-12-4-3-5-15(26)19(12)14/h3-5,8-9,16-17,31H,6-7,10H2,1-2H3,(H,27,32). The average Bonchev–Trinajstić information content (AvgIpc) is 3.39. The van der Waals surface area contributed by atoms with Crippen molar-refractivity contribution in [3.05, 3.63) is 52.1 Å². The first-order chi connectivity index (χ1) is 16.9. The van der Waals surface area contributed by atoms with Crippen molar-refractivity contribution < 1.29 is 23.4 Å². The molecule has 2 aromatic carbocycles. The lowest BCUT2D eigenvalue weighted by molar-refractivity contribution is -0.119. The summed E-state index contributed by atoms with van der Waals surface area (Å²) in [5.74, 6) is -0.216. The van der Waals surface area contributed by atoms with Gasteiger partial charge in [-0.2, -0.15) is 9.97 Å². The summed E-state index contributed by atoms with van der Waals surface area (Å²) in [6, 6.07) is 7.21. The number of aryl methyl sites for hydroxylation is 1. The van der Waals surface area contributed by atoms with Gasteiger partial charge in [0.05, 0.1) is 24.7 Å². The maximum Gasteiger partial charge on any atom is 0.349 e. The van der Waals surface area contributed by atoms with Gasteiger partial charge in [0.15, 0.2) is 5.82 Å². The highest BCUT2D eigenvalue weighted by atomic mass is 19.1. The van der Waals surface area contributed by atoms with Gasteiger partial charge in [-0.25, -0.2) is 9.18 Å². The number of halogens is 1. The minimum absolute atomic E-state index is 0.0208. The van der Waals surface area contributed by atoms with E-state index < -0.39 is 11.4 Å². The number of hydrogen-bond donors (Lipinski definition) is 2. The fraction of sp³-hybridized carbons (Fsp3) is 0.280. The molecule has 2 unspecified atom stereocenters. The van der Waals surface area contributed by atoms with Crippen molar-refractivity contribution in [3.8, 4) is 23.1 Å². The topological polar surface area (TPSA) is 118 Å². The lowest BCUT2D eigenvalue weighted by atomic mass is 9.98. The van der Waals surface area contributed by atoms with E-state index in [1.807, 2.05) is 4.90 Å². The second-order valence-electron chi connectivity index (χ2n) is 8.86. The lowest BCUT2D eigenvalue weighted by Crippen LogP contribution is -2.35. The molecule has 4 heterocycles. The first kappa shape index (κ1) is 21.3. The molecule has 0 saturated carbocycles. The Hall–Kier alpha value is -4.21. The molecule has 2 N–H and O–H groups in total. The number of hydrogen-bond acceptors (Lipinski definition) is 8. The quantitative estimate of drug-likeness (QED) is 0.463. The molecule has 2 fully saturated rings. The Balaban J connectivity index is 1.63. The molecule has 9 nitrogen and oxygen atoms in total. The summed E-state index contributed by atoms with van der Waals surface area (Å²) in [7, 11) is 1.43. The average molecular weight is 476 g/mol. The van der Waals surface area contributed by atoms with Crippen LogP contribution in [0.5, 0.6) is 11.8 Å². The summed E-state index contributed by atoms with van der Waals surface area (Å²) in [6.07, 6.45) is 1.02. The SMILES string of the molecule is COc1nc(N2CCC3NC(=O)CC32)c2c(=O)oc(-c3cc(O)cc4cccc(F)c34)c(C)c2n1. The highest BCUT2D eigenvalue weighted by Gasteiger charge is 2.43. The van der Waals surface area contributed by atoms with Crippen LogP contribution in [0.25, 0.3) is 33.0 Å². The maximum absolute atomic E-state index is 14.9. The number of aromatic hydroxyl groups is 1. The van der Waals surface area contributed by atoms with Gasteiger partial charge in [-0.05, 0) is 36.9 Å². The lowest BCUT2D eigenvalue weighted by Gasteiger charge is -2.25. The minimum atomic E-state index is -0.702. The number of aromatic nitrogens is 2. The number of fused-ring (bicyclic) bond motifs is 3. The predicted molar refractivity (Wildman–Crippen MR) is 126 cm³/mol. The number of amides is 1. The van der Waals surface area contributed by atoms with Crippen LogP contribution in [-0.2, 0) is 4.79 Å². The summed E-state index contributed by atoms with van der Waals surface area (Å²) in [4.78, 5) is 36.2. The van der Waals surface area contributed by atoms with Gasteiger partial charge in [0, 0.05) is 29.5 Å². The molecule has 0 spiro atoms. The first-order valence-corrected chi connectivity index (χ1v) is 11.2. The molecule has 2 saturated heterocycles. The maximum atomic E-state index is 14.9. The van der Waals surface area contributed by atoms with Gasteiger partial charge in [0.2, 0.25) is 5.91 Å². The molecule has 2 aliphatic heterocycles. The molecular formula is C25H21FN4O5. The Morgan fingerprint density at radius 3 is 2.86 bits per heavy atom. The summed E-state index contributed by atoms with van der Waals surface area (Å²) in [6.45, 7) is 2.30. The van der Waals surface area contributed by atoms with Gasteiger partial charge in [0.25, 0.3) is 0 Å². The summed E-state index contributed by atoms with van der Waals surface area (Å²) < 4.78 is 26.0. The number of carbonyl (C=O) groups is 1. The second-order valence-corrected chi connectivity index (χ2v) is 8.86. The van der Waals surface area contributed by atoms with E-state index >= 15 is 0 Å². The predicted octanol–water partition coefficient (Wildman–Crippen LogP) is 3.03. The Morgan fingerprint density at radius 1 is 1.23 bits per heavy atom. The van der Waals surface area contributed by atoms with Gasteiger partial charge in [-0.1, -0.05) is 12.1 Å². The number of benzene rings is 2. The van der Waals surface area contributed by atoms with Crippen LogP contribution in [0.2, 0.25) is 0 Å². The smallest absolute Gasteiger partial charge is 0.349 e. The van der Waals surface area contributed by atoms with Gasteiger partial charge in [-0.15, -0.1) is 0 Å². The van der Waals surface area contributed by atoms with Crippen molar-refractivity contribution >= 4 is 33.4 Å². The number of rotatable bonds is 3. The van der Waals surface area contributed by atoms with Crippen LogP contribution in [-0.4, -0.2) is 46.7 Å². The van der Waals surface area contributed by atoms with Crippen LogP contribution < -0.4 is 20.6 Å². The number of nitrogens with one attached hydrogen (secondary N) is 1. The van der Waals surface area contributed by atoms with Crippen molar-refractivity contribution in [2.24, 2.45) is 0 Å². The van der Waals surface area contributed by atoms with E-state index in [-0.39, 0.29) is 51.8 Å². The molecule has 0 aliphatic carbocycles. The molecule has 35 heavy (non-hydrogen) atoms. The number of ether oxygens (including phenoxy) is 1. The van der Waals surface area contributed by atoms with Crippen LogP contribution in [0.1, 0.15) is 18.4 Å². The molecular weight excluding hydrogens is 455 g/mol. The third-order valence-electron chi connectivity index (χ3n) is 6.86. The van der Waals surface area contributed by atoms with E-state index in [0.717, 1.165) is 6.42 Å². The van der Waals surface area contributed by atoms with Crippen molar-refractivity contribution in [1.29, 1.82) is 0 Å². The van der Waals surface area contributed by atoms with E-state index in [9.17, 15) is 19.1 Å². The largest absolute Gasteiger partial charge is 0.508 e. The molecule has 2 aliphatic rings. The van der Waals surface area contributed by atoms with E-state index in [1.54, 1.807) is 19.1 Å². The van der Waals surface area contributed by atoms with Crippen molar-refractivity contribution in [3.63, 3.8) is 0 Å². The van der Waals surface area contributed by atoms with E-state index in [1.165, 1.54) is 25.3 Å². The summed E-state index contributed by atoms with van der Waals surface area (Å²) in [5.41, 5.74) is 0.298. The van der Waals surface area contributed by atoms with Gasteiger partial charge in [-0.3, -0.25) is 4.79 Å². The van der Waals surface area contributed by atoms with Gasteiger partial charge in [0.1, 0.15) is 22.7 Å². The second kappa shape index (κ2) is 7.66. The third-order valence-corrected chi connectivity index (χ3v) is 6.86. The minimum Gasteiger partial charge on any atom is -0.508 e. The molecule has 178 valence electrons. The fourth-order valence-corrected chi connectivity index (χ4v) is 5.31.